The van der Waals surface area contributed by atoms with Crippen molar-refractivity contribution in [2.24, 2.45) is 11.3 Å². The summed E-state index contributed by atoms with van der Waals surface area (Å²) in [6, 6.07) is 16.4. The van der Waals surface area contributed by atoms with Crippen LogP contribution >= 0.6 is 0 Å². The van der Waals surface area contributed by atoms with Crippen molar-refractivity contribution in [2.75, 3.05) is 14.1 Å². The first-order valence-corrected chi connectivity index (χ1v) is 16.1. The topological polar surface area (TPSA) is 133 Å². The van der Waals surface area contributed by atoms with E-state index in [0.29, 0.717) is 0 Å². The van der Waals surface area contributed by atoms with Crippen LogP contribution in [0.4, 0.5) is 26.3 Å². The number of carboxylic acid groups (broad SMARTS) is 1. The number of benzene rings is 2. The normalized spacial score (nSPS) is 14.4. The Hall–Kier alpha value is -4.53. The van der Waals surface area contributed by atoms with Gasteiger partial charge in [-0.1, -0.05) is 109 Å². The molecule has 2 aromatic rings. The first-order chi connectivity index (χ1) is 23.6. The number of likely N-dealkylation sites (N-methyl/N-ethyl adjacent to an activating group) is 2. The molecule has 0 bridgehead atoms. The van der Waals surface area contributed by atoms with Crippen LogP contribution in [0, 0.1) is 11.3 Å². The van der Waals surface area contributed by atoms with Crippen LogP contribution in [0.25, 0.3) is 11.1 Å². The smallest absolute Gasteiger partial charge is 0.458 e. The fourth-order valence-corrected chi connectivity index (χ4v) is 5.28. The van der Waals surface area contributed by atoms with E-state index >= 15 is 0 Å². The molecule has 0 aliphatic carbocycles. The van der Waals surface area contributed by atoms with Crippen molar-refractivity contribution in [3.8, 4) is 11.1 Å². The first kappa shape index (κ1) is 45.5. The van der Waals surface area contributed by atoms with Gasteiger partial charge in [-0.05, 0) is 42.0 Å². The second-order valence-electron chi connectivity index (χ2n) is 14.2. The van der Waals surface area contributed by atoms with Crippen molar-refractivity contribution in [3.63, 3.8) is 0 Å². The van der Waals surface area contributed by atoms with Crippen LogP contribution in [0.1, 0.15) is 61.0 Å². The minimum atomic E-state index is -5.77. The van der Waals surface area contributed by atoms with Gasteiger partial charge in [0.2, 0.25) is 11.8 Å². The fraction of sp³-hybridized carbons (Fsp3) is 0.486. The van der Waals surface area contributed by atoms with Crippen LogP contribution in [0.2, 0.25) is 0 Å². The summed E-state index contributed by atoms with van der Waals surface area (Å²) in [5, 5.41) is 15.6. The van der Waals surface area contributed by atoms with Crippen molar-refractivity contribution in [1.29, 1.82) is 0 Å². The molecule has 0 aromatic heterocycles. The molecule has 15 heteroatoms. The summed E-state index contributed by atoms with van der Waals surface area (Å²) in [6.45, 7) is 15.2. The zero-order valence-corrected chi connectivity index (χ0v) is 30.8. The van der Waals surface area contributed by atoms with Crippen molar-refractivity contribution in [3.05, 3.63) is 71.8 Å². The Morgan fingerprint density at radius 1 is 0.769 bits per heavy atom. The summed E-state index contributed by atoms with van der Waals surface area (Å²) in [5.41, 5.74) is 2.12. The second kappa shape index (κ2) is 17.8. The summed E-state index contributed by atoms with van der Waals surface area (Å²) in [4.78, 5) is 60.0. The van der Waals surface area contributed by atoms with E-state index in [1.54, 1.807) is 25.1 Å². The molecule has 0 spiro atoms. The molecule has 9 nitrogen and oxygen atoms in total. The number of Topliss-reactive ketones (excluding diaryl/α,β-unsaturated/α-hetero) is 2. The molecule has 3 atom stereocenters. The van der Waals surface area contributed by atoms with E-state index in [1.165, 1.54) is 6.92 Å². The van der Waals surface area contributed by atoms with E-state index < -0.39 is 58.8 Å². The molecule has 288 valence electrons. The maximum absolute atomic E-state index is 13.9. The number of rotatable bonds is 12. The van der Waals surface area contributed by atoms with Crippen LogP contribution in [0.5, 0.6) is 0 Å². The molecule has 0 aliphatic rings. The van der Waals surface area contributed by atoms with Crippen LogP contribution in [-0.4, -0.2) is 83.9 Å². The van der Waals surface area contributed by atoms with Crippen molar-refractivity contribution < 1.29 is 55.4 Å². The Morgan fingerprint density at radius 2 is 1.25 bits per heavy atom. The molecule has 0 heterocycles. The minimum Gasteiger partial charge on any atom is -0.478 e. The molecule has 3 N–H and O–H groups in total. The van der Waals surface area contributed by atoms with Gasteiger partial charge in [0.15, 0.2) is 0 Å². The van der Waals surface area contributed by atoms with Gasteiger partial charge in [0, 0.05) is 18.0 Å². The average Bonchev–Trinajstić information content (AvgIpc) is 3.04. The summed E-state index contributed by atoms with van der Waals surface area (Å²) in [6.07, 6.45) is -9.94. The molecule has 52 heavy (non-hydrogen) atoms. The quantitative estimate of drug-likeness (QED) is 0.128. The lowest BCUT2D eigenvalue weighted by Crippen LogP contribution is -2.61. The van der Waals surface area contributed by atoms with Gasteiger partial charge in [0.1, 0.15) is 6.04 Å². The lowest BCUT2D eigenvalue weighted by atomic mass is 9.76. The highest BCUT2D eigenvalue weighted by molar-refractivity contribution is 6.41. The fourth-order valence-electron chi connectivity index (χ4n) is 5.28. The van der Waals surface area contributed by atoms with Gasteiger partial charge in [0.25, 0.3) is 0 Å². The van der Waals surface area contributed by atoms with Gasteiger partial charge in [-0.3, -0.25) is 19.2 Å². The zero-order chi connectivity index (χ0) is 40.6. The molecule has 0 aliphatic heterocycles. The molecular weight excluding hydrogens is 696 g/mol. The molecule has 2 rings (SSSR count). The van der Waals surface area contributed by atoms with Gasteiger partial charge >= 0.3 is 29.9 Å². The highest BCUT2D eigenvalue weighted by atomic mass is 19.4. The van der Waals surface area contributed by atoms with Crippen molar-refractivity contribution in [2.45, 2.75) is 91.3 Å². The standard InChI is InChI=1S/C33H47N3O4.C4F6O2/c1-21(2)26(19-22(3)31(39)40)36(10)30(38)28(32(4,5)6)35-29(37)27(34-9)33(7,8)25-18-14-17-24(20-25)23-15-12-11-13-16-23;5-3(6,7)1(11)2(12)4(8,9)10/h11-21,26-28,34H,1-10H3,(H,35,37)(H,39,40);/b22-19+;/t26-,27-,28-;/m1./s1. The van der Waals surface area contributed by atoms with Crippen LogP contribution in [0.3, 0.4) is 0 Å². The maximum atomic E-state index is 13.9. The number of carbonyl (C=O) groups is 5. The van der Waals surface area contributed by atoms with Crippen molar-refractivity contribution >= 4 is 29.4 Å². The number of carboxylic acids is 1. The number of amides is 2. The number of nitrogens with zero attached hydrogens (tertiary/aromatic N) is 1. The van der Waals surface area contributed by atoms with Crippen LogP contribution in [-0.2, 0) is 29.4 Å². The Balaban J connectivity index is 0.000000960. The van der Waals surface area contributed by atoms with E-state index in [-0.39, 0.29) is 23.3 Å². The summed E-state index contributed by atoms with van der Waals surface area (Å²) >= 11 is 0. The number of halogens is 6. The Labute approximate surface area is 299 Å². The molecule has 2 aromatic carbocycles. The van der Waals surface area contributed by atoms with Gasteiger partial charge < -0.3 is 20.6 Å². The number of nitrogens with one attached hydrogen (secondary N) is 2. The summed E-state index contributed by atoms with van der Waals surface area (Å²) in [7, 11) is 3.42. The maximum Gasteiger partial charge on any atom is 0.458 e. The Morgan fingerprint density at radius 3 is 1.65 bits per heavy atom. The molecule has 0 fully saturated rings. The lowest BCUT2D eigenvalue weighted by molar-refractivity contribution is -0.193. The number of ketones is 2. The number of alkyl halides is 6. The van der Waals surface area contributed by atoms with Crippen LogP contribution in [0.15, 0.2) is 66.2 Å². The van der Waals surface area contributed by atoms with E-state index in [4.69, 9.17) is 0 Å². The van der Waals surface area contributed by atoms with Gasteiger partial charge in [-0.25, -0.2) is 4.79 Å². The summed E-state index contributed by atoms with van der Waals surface area (Å²) < 4.78 is 67.0. The predicted molar refractivity (Wildman–Crippen MR) is 184 cm³/mol. The van der Waals surface area contributed by atoms with Gasteiger partial charge in [-0.2, -0.15) is 26.3 Å². The molecule has 2 amide bonds. The number of hydrogen-bond acceptors (Lipinski definition) is 6. The third-order valence-corrected chi connectivity index (χ3v) is 8.34. The largest absolute Gasteiger partial charge is 0.478 e. The minimum absolute atomic E-state index is 0.0274. The van der Waals surface area contributed by atoms with E-state index in [0.717, 1.165) is 16.7 Å². The summed E-state index contributed by atoms with van der Waals surface area (Å²) in [5.74, 6) is -8.42. The third kappa shape index (κ3) is 12.3. The van der Waals surface area contributed by atoms with E-state index in [2.05, 4.69) is 34.9 Å². The molecule has 0 saturated heterocycles. The highest BCUT2D eigenvalue weighted by Crippen LogP contribution is 2.32. The average molecular weight is 744 g/mol. The molecule has 0 saturated carbocycles. The molecule has 0 unspecified atom stereocenters. The second-order valence-corrected chi connectivity index (χ2v) is 14.2. The number of aliphatic carboxylic acids is 1. The molecule has 0 radical (unpaired) electrons. The third-order valence-electron chi connectivity index (χ3n) is 8.34. The Bertz CT molecular complexity index is 1590. The van der Waals surface area contributed by atoms with Gasteiger partial charge in [0.05, 0.1) is 12.1 Å². The predicted octanol–water partition coefficient (Wildman–Crippen LogP) is 6.51. The van der Waals surface area contributed by atoms with E-state index in [9.17, 15) is 55.4 Å². The monoisotopic (exact) mass is 743 g/mol. The SMILES string of the molecule is CN[C@H](C(=O)N[C@H](C(=O)N(C)[C@H](/C=C(\C)C(=O)O)C(C)C)C(C)(C)C)C(C)(C)c1cccc(-c2ccccc2)c1.O=C(C(=O)C(F)(F)F)C(F)(F)F. The zero-order valence-electron chi connectivity index (χ0n) is 30.8. The molecular formula is C37H47F6N3O6. The first-order valence-electron chi connectivity index (χ1n) is 16.1. The number of hydrogen-bond donors (Lipinski definition) is 3. The van der Waals surface area contributed by atoms with Crippen molar-refractivity contribution in [1.82, 2.24) is 15.5 Å². The van der Waals surface area contributed by atoms with Crippen LogP contribution < -0.4 is 10.6 Å². The lowest BCUT2D eigenvalue weighted by Gasteiger charge is -2.40. The van der Waals surface area contributed by atoms with E-state index in [1.807, 2.05) is 78.8 Å². The van der Waals surface area contributed by atoms with Gasteiger partial charge in [-0.15, -0.1) is 0 Å². The Kier molecular flexibility index (Phi) is 15.6. The number of carbonyl (C=O) groups excluding carboxylic acids is 4. The highest BCUT2D eigenvalue weighted by Gasteiger charge is 2.54.